The summed E-state index contributed by atoms with van der Waals surface area (Å²) in [4.78, 5) is 14.7. The van der Waals surface area contributed by atoms with Crippen LogP contribution in [0.5, 0.6) is 0 Å². The molecule has 3 N–H and O–H groups in total. The number of ether oxygens (including phenoxy) is 1. The number of carbonyl (C=O) groups is 1. The smallest absolute Gasteiger partial charge is 0.354 e. The highest BCUT2D eigenvalue weighted by atomic mass is 16.5. The second kappa shape index (κ2) is 5.99. The Morgan fingerprint density at radius 3 is 2.84 bits per heavy atom. The molecule has 0 radical (unpaired) electrons. The normalized spacial score (nSPS) is 17.9. The lowest BCUT2D eigenvalue weighted by atomic mass is 9.91. The number of pyridine rings is 1. The van der Waals surface area contributed by atoms with Crippen molar-refractivity contribution in [3.05, 3.63) is 23.9 Å². The molecule has 19 heavy (non-hydrogen) atoms. The molecule has 1 aliphatic rings. The van der Waals surface area contributed by atoms with Crippen LogP contribution < -0.4 is 5.32 Å². The van der Waals surface area contributed by atoms with Gasteiger partial charge in [0.2, 0.25) is 0 Å². The summed E-state index contributed by atoms with van der Waals surface area (Å²) in [5.41, 5.74) is -0.676. The van der Waals surface area contributed by atoms with E-state index >= 15 is 0 Å². The third-order valence-corrected chi connectivity index (χ3v) is 3.29. The third-order valence-electron chi connectivity index (χ3n) is 3.29. The number of aromatic carboxylic acids is 1. The second-order valence-electron chi connectivity index (χ2n) is 4.73. The molecule has 6 nitrogen and oxygen atoms in total. The minimum absolute atomic E-state index is 0.00905. The number of aliphatic hydroxyl groups is 1. The van der Waals surface area contributed by atoms with Gasteiger partial charge in [-0.15, -0.1) is 0 Å². The van der Waals surface area contributed by atoms with Crippen LogP contribution in [0.4, 0.5) is 5.82 Å². The summed E-state index contributed by atoms with van der Waals surface area (Å²) in [5.74, 6) is -0.540. The average Bonchev–Trinajstić information content (AvgIpc) is 2.39. The van der Waals surface area contributed by atoms with Crippen molar-refractivity contribution >= 4 is 11.8 Å². The number of anilines is 1. The van der Waals surface area contributed by atoms with Gasteiger partial charge in [0, 0.05) is 19.8 Å². The molecule has 0 bridgehead atoms. The molecule has 0 saturated carbocycles. The standard InChI is InChI=1S/C13H18N2O4/c16-12(17)10-2-1-3-11(15-10)14-7-4-13(18)5-8-19-9-6-13/h1-3,18H,4-9H2,(H,14,15)(H,16,17). The molecule has 6 heteroatoms. The highest BCUT2D eigenvalue weighted by Gasteiger charge is 2.28. The number of hydrogen-bond acceptors (Lipinski definition) is 5. The van der Waals surface area contributed by atoms with Gasteiger partial charge in [0.05, 0.1) is 5.60 Å². The van der Waals surface area contributed by atoms with Crippen LogP contribution in [0, 0.1) is 0 Å². The Balaban J connectivity index is 1.85. The molecule has 0 aliphatic carbocycles. The molecule has 1 fully saturated rings. The van der Waals surface area contributed by atoms with Crippen LogP contribution >= 0.6 is 0 Å². The topological polar surface area (TPSA) is 91.7 Å². The number of aromatic nitrogens is 1. The van der Waals surface area contributed by atoms with Crippen molar-refractivity contribution < 1.29 is 19.7 Å². The van der Waals surface area contributed by atoms with E-state index in [2.05, 4.69) is 10.3 Å². The van der Waals surface area contributed by atoms with E-state index in [4.69, 9.17) is 9.84 Å². The first-order valence-electron chi connectivity index (χ1n) is 6.33. The summed E-state index contributed by atoms with van der Waals surface area (Å²) in [6, 6.07) is 4.79. The zero-order chi connectivity index (χ0) is 13.7. The lowest BCUT2D eigenvalue weighted by Gasteiger charge is -2.32. The number of hydrogen-bond donors (Lipinski definition) is 3. The van der Waals surface area contributed by atoms with E-state index < -0.39 is 11.6 Å². The summed E-state index contributed by atoms with van der Waals surface area (Å²) in [5, 5.41) is 22.1. The lowest BCUT2D eigenvalue weighted by Crippen LogP contribution is -2.37. The molecule has 0 amide bonds. The number of rotatable bonds is 5. The Hall–Kier alpha value is -1.66. The number of carboxylic acid groups (broad SMARTS) is 1. The molecule has 0 unspecified atom stereocenters. The van der Waals surface area contributed by atoms with Gasteiger partial charge in [0.15, 0.2) is 5.69 Å². The van der Waals surface area contributed by atoms with Crippen LogP contribution in [-0.2, 0) is 4.74 Å². The lowest BCUT2D eigenvalue weighted by molar-refractivity contribution is -0.0658. The second-order valence-corrected chi connectivity index (χ2v) is 4.73. The molecule has 1 aromatic heterocycles. The summed E-state index contributed by atoms with van der Waals surface area (Å²) in [6.45, 7) is 1.72. The van der Waals surface area contributed by atoms with Gasteiger partial charge in [0.25, 0.3) is 0 Å². The number of carboxylic acids is 1. The van der Waals surface area contributed by atoms with Gasteiger partial charge in [0.1, 0.15) is 5.82 Å². The molecule has 0 atom stereocenters. The molecular formula is C13H18N2O4. The number of nitrogens with zero attached hydrogens (tertiary/aromatic N) is 1. The number of nitrogens with one attached hydrogen (secondary N) is 1. The van der Waals surface area contributed by atoms with Crippen LogP contribution in [0.25, 0.3) is 0 Å². The van der Waals surface area contributed by atoms with Crippen LogP contribution in [0.2, 0.25) is 0 Å². The van der Waals surface area contributed by atoms with Crippen LogP contribution in [0.15, 0.2) is 18.2 Å². The zero-order valence-corrected chi connectivity index (χ0v) is 10.6. The van der Waals surface area contributed by atoms with Crippen molar-refractivity contribution in [3.8, 4) is 0 Å². The molecular weight excluding hydrogens is 248 g/mol. The summed E-state index contributed by atoms with van der Waals surface area (Å²) >= 11 is 0. The van der Waals surface area contributed by atoms with Crippen molar-refractivity contribution in [2.24, 2.45) is 0 Å². The molecule has 1 aromatic rings. The minimum Gasteiger partial charge on any atom is -0.477 e. The van der Waals surface area contributed by atoms with Gasteiger partial charge in [-0.3, -0.25) is 0 Å². The maximum atomic E-state index is 10.8. The molecule has 0 aromatic carbocycles. The van der Waals surface area contributed by atoms with Crippen molar-refractivity contribution in [3.63, 3.8) is 0 Å². The third kappa shape index (κ3) is 3.90. The van der Waals surface area contributed by atoms with Gasteiger partial charge in [-0.05, 0) is 31.4 Å². The maximum absolute atomic E-state index is 10.8. The van der Waals surface area contributed by atoms with E-state index in [1.165, 1.54) is 6.07 Å². The van der Waals surface area contributed by atoms with E-state index in [0.717, 1.165) is 0 Å². The van der Waals surface area contributed by atoms with Crippen LogP contribution in [-0.4, -0.2) is 46.5 Å². The maximum Gasteiger partial charge on any atom is 0.354 e. The molecule has 1 saturated heterocycles. The Morgan fingerprint density at radius 1 is 1.42 bits per heavy atom. The Morgan fingerprint density at radius 2 is 2.16 bits per heavy atom. The first-order chi connectivity index (χ1) is 9.09. The highest BCUT2D eigenvalue weighted by Crippen LogP contribution is 2.23. The van der Waals surface area contributed by atoms with E-state index in [1.54, 1.807) is 12.1 Å². The van der Waals surface area contributed by atoms with Gasteiger partial charge < -0.3 is 20.3 Å². The van der Waals surface area contributed by atoms with E-state index in [-0.39, 0.29) is 5.69 Å². The largest absolute Gasteiger partial charge is 0.477 e. The molecule has 2 heterocycles. The van der Waals surface area contributed by atoms with E-state index in [1.807, 2.05) is 0 Å². The van der Waals surface area contributed by atoms with Gasteiger partial charge in [-0.2, -0.15) is 0 Å². The Bertz CT molecular complexity index is 444. The predicted octanol–water partition coefficient (Wildman–Crippen LogP) is 1.12. The molecule has 2 rings (SSSR count). The van der Waals surface area contributed by atoms with Crippen molar-refractivity contribution in [2.75, 3.05) is 25.1 Å². The fourth-order valence-electron chi connectivity index (χ4n) is 2.08. The quantitative estimate of drug-likeness (QED) is 0.739. The fraction of sp³-hybridized carbons (Fsp3) is 0.538. The average molecular weight is 266 g/mol. The van der Waals surface area contributed by atoms with Gasteiger partial charge in [-0.25, -0.2) is 9.78 Å². The van der Waals surface area contributed by atoms with Crippen molar-refractivity contribution in [1.29, 1.82) is 0 Å². The first-order valence-corrected chi connectivity index (χ1v) is 6.33. The summed E-state index contributed by atoms with van der Waals surface area (Å²) in [7, 11) is 0. The van der Waals surface area contributed by atoms with Gasteiger partial charge in [-0.1, -0.05) is 6.07 Å². The van der Waals surface area contributed by atoms with E-state index in [9.17, 15) is 9.90 Å². The van der Waals surface area contributed by atoms with Crippen molar-refractivity contribution in [1.82, 2.24) is 4.98 Å². The van der Waals surface area contributed by atoms with Crippen molar-refractivity contribution in [2.45, 2.75) is 24.9 Å². The Kier molecular flexibility index (Phi) is 4.34. The minimum atomic E-state index is -1.05. The zero-order valence-electron chi connectivity index (χ0n) is 10.6. The van der Waals surface area contributed by atoms with Crippen LogP contribution in [0.3, 0.4) is 0 Å². The van der Waals surface area contributed by atoms with Crippen LogP contribution in [0.1, 0.15) is 29.8 Å². The fourth-order valence-corrected chi connectivity index (χ4v) is 2.08. The monoisotopic (exact) mass is 266 g/mol. The predicted molar refractivity (Wildman–Crippen MR) is 69.3 cm³/mol. The summed E-state index contributed by atoms with van der Waals surface area (Å²) < 4.78 is 5.21. The molecule has 1 aliphatic heterocycles. The SMILES string of the molecule is O=C(O)c1cccc(NCCC2(O)CCOCC2)n1. The highest BCUT2D eigenvalue weighted by molar-refractivity contribution is 5.85. The first kappa shape index (κ1) is 13.8. The Labute approximate surface area is 111 Å². The summed E-state index contributed by atoms with van der Waals surface area (Å²) in [6.07, 6.45) is 1.86. The molecule has 0 spiro atoms. The molecule has 104 valence electrons. The van der Waals surface area contributed by atoms with Gasteiger partial charge >= 0.3 is 5.97 Å². The van der Waals surface area contributed by atoms with E-state index in [0.29, 0.717) is 44.8 Å².